The highest BCUT2D eigenvalue weighted by Crippen LogP contribution is 2.10. The van der Waals surface area contributed by atoms with Crippen molar-refractivity contribution >= 4 is 17.5 Å². The number of hydrogen-bond acceptors (Lipinski definition) is 3. The van der Waals surface area contributed by atoms with Gasteiger partial charge in [-0.05, 0) is 37.5 Å². The lowest BCUT2D eigenvalue weighted by Crippen LogP contribution is -2.33. The van der Waals surface area contributed by atoms with Gasteiger partial charge in [-0.2, -0.15) is 0 Å². The van der Waals surface area contributed by atoms with Gasteiger partial charge in [-0.15, -0.1) is 0 Å². The van der Waals surface area contributed by atoms with Crippen LogP contribution in [0, 0.1) is 0 Å². The Hall–Kier alpha value is -1.88. The van der Waals surface area contributed by atoms with E-state index in [1.165, 1.54) is 6.92 Å². The minimum absolute atomic E-state index is 0.0392. The molecule has 1 atom stereocenters. The van der Waals surface area contributed by atoms with Crippen LogP contribution in [0.5, 0.6) is 0 Å². The van der Waals surface area contributed by atoms with Gasteiger partial charge >= 0.3 is 0 Å². The molecule has 5 heteroatoms. The lowest BCUT2D eigenvalue weighted by atomic mass is 10.1. The summed E-state index contributed by atoms with van der Waals surface area (Å²) in [4.78, 5) is 22.7. The Kier molecular flexibility index (Phi) is 6.73. The van der Waals surface area contributed by atoms with Gasteiger partial charge in [-0.3, -0.25) is 9.59 Å². The Morgan fingerprint density at radius 2 is 1.90 bits per heavy atom. The van der Waals surface area contributed by atoms with Crippen molar-refractivity contribution in [2.75, 3.05) is 11.9 Å². The molecule has 1 aromatic carbocycles. The van der Waals surface area contributed by atoms with Crippen molar-refractivity contribution in [2.45, 2.75) is 39.2 Å². The minimum Gasteiger partial charge on any atom is -0.396 e. The molecule has 0 bridgehead atoms. The summed E-state index contributed by atoms with van der Waals surface area (Å²) in [6, 6.07) is 7.26. The molecule has 3 N–H and O–H groups in total. The van der Waals surface area contributed by atoms with Crippen molar-refractivity contribution in [1.29, 1.82) is 0 Å². The molecule has 0 aliphatic carbocycles. The van der Waals surface area contributed by atoms with Crippen LogP contribution in [0.1, 0.15) is 32.3 Å². The third-order valence-electron chi connectivity index (χ3n) is 2.84. The number of nitrogens with one attached hydrogen (secondary N) is 2. The lowest BCUT2D eigenvalue weighted by Gasteiger charge is -2.13. The molecule has 0 heterocycles. The first-order chi connectivity index (χ1) is 9.51. The van der Waals surface area contributed by atoms with Crippen molar-refractivity contribution in [2.24, 2.45) is 0 Å². The molecule has 0 saturated heterocycles. The molecule has 5 nitrogen and oxygen atoms in total. The number of carbonyl (C=O) groups is 2. The van der Waals surface area contributed by atoms with E-state index >= 15 is 0 Å². The zero-order valence-electron chi connectivity index (χ0n) is 12.0. The molecule has 0 aliphatic rings. The average molecular weight is 278 g/mol. The maximum Gasteiger partial charge on any atom is 0.224 e. The lowest BCUT2D eigenvalue weighted by molar-refractivity contribution is -0.121. The van der Waals surface area contributed by atoms with Gasteiger partial charge in [0, 0.05) is 25.3 Å². The van der Waals surface area contributed by atoms with Crippen LogP contribution in [0.2, 0.25) is 0 Å². The molecule has 0 saturated carbocycles. The Bertz CT molecular complexity index is 443. The minimum atomic E-state index is -0.117. The summed E-state index contributed by atoms with van der Waals surface area (Å²) in [6.45, 7) is 3.52. The van der Waals surface area contributed by atoms with E-state index in [1.807, 2.05) is 19.1 Å². The van der Waals surface area contributed by atoms with Crippen molar-refractivity contribution in [3.8, 4) is 0 Å². The molecule has 110 valence electrons. The van der Waals surface area contributed by atoms with Crippen molar-refractivity contribution in [3.05, 3.63) is 29.8 Å². The zero-order valence-corrected chi connectivity index (χ0v) is 12.0. The first kappa shape index (κ1) is 16.2. The highest BCUT2D eigenvalue weighted by molar-refractivity contribution is 5.88. The van der Waals surface area contributed by atoms with Crippen LogP contribution < -0.4 is 10.6 Å². The second-order valence-corrected chi connectivity index (χ2v) is 4.89. The smallest absolute Gasteiger partial charge is 0.224 e. The van der Waals surface area contributed by atoms with Crippen molar-refractivity contribution in [1.82, 2.24) is 5.32 Å². The summed E-state index contributed by atoms with van der Waals surface area (Å²) in [5, 5.41) is 14.3. The van der Waals surface area contributed by atoms with Crippen LogP contribution in [-0.2, 0) is 16.0 Å². The molecule has 1 aromatic rings. The number of benzene rings is 1. The van der Waals surface area contributed by atoms with Gasteiger partial charge in [0.1, 0.15) is 0 Å². The molecule has 0 aromatic heterocycles. The maximum absolute atomic E-state index is 11.8. The highest BCUT2D eigenvalue weighted by atomic mass is 16.3. The normalized spacial score (nSPS) is 11.8. The fraction of sp³-hybridized carbons (Fsp3) is 0.467. The third kappa shape index (κ3) is 6.33. The Labute approximate surface area is 119 Å². The molecular weight excluding hydrogens is 256 g/mol. The van der Waals surface area contributed by atoms with Gasteiger partial charge in [-0.1, -0.05) is 12.1 Å². The highest BCUT2D eigenvalue weighted by Gasteiger charge is 2.08. The molecule has 0 spiro atoms. The predicted octanol–water partition coefficient (Wildman–Crippen LogP) is 1.46. The second-order valence-electron chi connectivity index (χ2n) is 4.89. The van der Waals surface area contributed by atoms with Crippen molar-refractivity contribution in [3.63, 3.8) is 0 Å². The first-order valence-electron chi connectivity index (χ1n) is 6.78. The van der Waals surface area contributed by atoms with Gasteiger partial charge in [0.05, 0.1) is 6.42 Å². The SMILES string of the molecule is CC(=O)Nc1ccc(CC(=O)NC(C)CCCO)cc1. The molecular formula is C15H22N2O3. The summed E-state index contributed by atoms with van der Waals surface area (Å²) in [5.74, 6) is -0.157. The molecule has 0 radical (unpaired) electrons. The summed E-state index contributed by atoms with van der Waals surface area (Å²) in [7, 11) is 0. The average Bonchev–Trinajstić information content (AvgIpc) is 2.38. The van der Waals surface area contributed by atoms with Crippen LogP contribution in [0.15, 0.2) is 24.3 Å². The van der Waals surface area contributed by atoms with Crippen molar-refractivity contribution < 1.29 is 14.7 Å². The predicted molar refractivity (Wildman–Crippen MR) is 78.4 cm³/mol. The molecule has 1 rings (SSSR count). The Morgan fingerprint density at radius 3 is 2.45 bits per heavy atom. The van der Waals surface area contributed by atoms with Crippen LogP contribution >= 0.6 is 0 Å². The third-order valence-corrected chi connectivity index (χ3v) is 2.84. The van der Waals surface area contributed by atoms with Gasteiger partial charge < -0.3 is 15.7 Å². The number of rotatable bonds is 7. The van der Waals surface area contributed by atoms with Gasteiger partial charge in [-0.25, -0.2) is 0 Å². The fourth-order valence-electron chi connectivity index (χ4n) is 1.89. The van der Waals surface area contributed by atoms with E-state index in [9.17, 15) is 9.59 Å². The summed E-state index contributed by atoms with van der Waals surface area (Å²) >= 11 is 0. The van der Waals surface area contributed by atoms with Crippen LogP contribution in [-0.4, -0.2) is 29.6 Å². The quantitative estimate of drug-likeness (QED) is 0.706. The summed E-state index contributed by atoms with van der Waals surface area (Å²) in [5.41, 5.74) is 1.61. The molecule has 1 unspecified atom stereocenters. The maximum atomic E-state index is 11.8. The largest absolute Gasteiger partial charge is 0.396 e. The number of carbonyl (C=O) groups excluding carboxylic acids is 2. The van der Waals surface area contributed by atoms with Gasteiger partial charge in [0.25, 0.3) is 0 Å². The van der Waals surface area contributed by atoms with E-state index in [-0.39, 0.29) is 24.5 Å². The first-order valence-corrected chi connectivity index (χ1v) is 6.78. The molecule has 0 fully saturated rings. The van der Waals surface area contributed by atoms with Crippen LogP contribution in [0.3, 0.4) is 0 Å². The second kappa shape index (κ2) is 8.32. The Balaban J connectivity index is 2.43. The molecule has 0 aliphatic heterocycles. The van der Waals surface area contributed by atoms with E-state index in [1.54, 1.807) is 12.1 Å². The topological polar surface area (TPSA) is 78.4 Å². The molecule has 20 heavy (non-hydrogen) atoms. The number of hydrogen-bond donors (Lipinski definition) is 3. The number of anilines is 1. The summed E-state index contributed by atoms with van der Waals surface area (Å²) < 4.78 is 0. The van der Waals surface area contributed by atoms with E-state index in [0.717, 1.165) is 17.7 Å². The standard InChI is InChI=1S/C15H22N2O3/c1-11(4-3-9-18)16-15(20)10-13-5-7-14(8-6-13)17-12(2)19/h5-8,11,18H,3-4,9-10H2,1-2H3,(H,16,20)(H,17,19). The van der Waals surface area contributed by atoms with Gasteiger partial charge in [0.2, 0.25) is 11.8 Å². The number of aliphatic hydroxyl groups is 1. The number of aliphatic hydroxyl groups excluding tert-OH is 1. The monoisotopic (exact) mass is 278 g/mol. The molecule has 2 amide bonds. The van der Waals surface area contributed by atoms with E-state index in [4.69, 9.17) is 5.11 Å². The van der Waals surface area contributed by atoms with Gasteiger partial charge in [0.15, 0.2) is 0 Å². The Morgan fingerprint density at radius 1 is 1.25 bits per heavy atom. The zero-order chi connectivity index (χ0) is 15.0. The summed E-state index contributed by atoms with van der Waals surface area (Å²) in [6.07, 6.45) is 1.76. The van der Waals surface area contributed by atoms with Crippen LogP contribution in [0.25, 0.3) is 0 Å². The van der Waals surface area contributed by atoms with E-state index in [0.29, 0.717) is 12.8 Å². The van der Waals surface area contributed by atoms with E-state index in [2.05, 4.69) is 10.6 Å². The van der Waals surface area contributed by atoms with E-state index < -0.39 is 0 Å². The van der Waals surface area contributed by atoms with Crippen LogP contribution in [0.4, 0.5) is 5.69 Å². The number of amides is 2. The fourth-order valence-corrected chi connectivity index (χ4v) is 1.89.